The van der Waals surface area contributed by atoms with Crippen molar-refractivity contribution in [1.29, 1.82) is 0 Å². The Labute approximate surface area is 120 Å². The van der Waals surface area contributed by atoms with E-state index < -0.39 is 0 Å². The minimum Gasteiger partial charge on any atom is -0.383 e. The molecule has 1 fully saturated rings. The molecule has 0 saturated heterocycles. The maximum absolute atomic E-state index is 12.2. The van der Waals surface area contributed by atoms with Crippen LogP contribution in [0.2, 0.25) is 0 Å². The van der Waals surface area contributed by atoms with Crippen LogP contribution in [0.5, 0.6) is 0 Å². The number of carbonyl (C=O) groups excluding carboxylic acids is 1. The maximum Gasteiger partial charge on any atom is 0.270 e. The highest BCUT2D eigenvalue weighted by Gasteiger charge is 2.17. The van der Waals surface area contributed by atoms with Gasteiger partial charge in [0.05, 0.1) is 6.61 Å². The smallest absolute Gasteiger partial charge is 0.270 e. The van der Waals surface area contributed by atoms with Gasteiger partial charge >= 0.3 is 0 Å². The highest BCUT2D eigenvalue weighted by molar-refractivity contribution is 5.93. The minimum absolute atomic E-state index is 0.0766. The van der Waals surface area contributed by atoms with E-state index in [-0.39, 0.29) is 5.91 Å². The van der Waals surface area contributed by atoms with Gasteiger partial charge in [0.1, 0.15) is 5.69 Å². The molecular weight excluding hydrogens is 254 g/mol. The Morgan fingerprint density at radius 2 is 2.20 bits per heavy atom. The zero-order valence-electron chi connectivity index (χ0n) is 12.0. The van der Waals surface area contributed by atoms with Crippen molar-refractivity contribution in [2.24, 2.45) is 0 Å². The number of aromatic nitrogens is 1. The van der Waals surface area contributed by atoms with Crippen molar-refractivity contribution >= 4 is 11.6 Å². The monoisotopic (exact) mass is 277 g/mol. The van der Waals surface area contributed by atoms with Crippen LogP contribution in [-0.4, -0.2) is 37.2 Å². The highest BCUT2D eigenvalue weighted by atomic mass is 16.5. The number of methoxy groups -OCH3 is 1. The van der Waals surface area contributed by atoms with Crippen LogP contribution in [0.4, 0.5) is 5.69 Å². The molecule has 2 rings (SSSR count). The van der Waals surface area contributed by atoms with Gasteiger partial charge in [0.2, 0.25) is 0 Å². The van der Waals surface area contributed by atoms with Crippen molar-refractivity contribution in [3.05, 3.63) is 24.0 Å². The lowest BCUT2D eigenvalue weighted by molar-refractivity contribution is 0.0922. The molecule has 0 aliphatic heterocycles. The van der Waals surface area contributed by atoms with Crippen molar-refractivity contribution < 1.29 is 9.53 Å². The number of amides is 1. The fourth-order valence-corrected chi connectivity index (χ4v) is 2.47. The molecule has 0 unspecified atom stereocenters. The molecule has 1 aromatic heterocycles. The van der Waals surface area contributed by atoms with Crippen LogP contribution in [0.15, 0.2) is 18.3 Å². The zero-order chi connectivity index (χ0) is 14.2. The second kappa shape index (κ2) is 7.85. The Kier molecular flexibility index (Phi) is 5.80. The molecule has 0 spiro atoms. The van der Waals surface area contributed by atoms with Crippen molar-refractivity contribution in [3.63, 3.8) is 0 Å². The molecule has 5 nitrogen and oxygen atoms in total. The summed E-state index contributed by atoms with van der Waals surface area (Å²) >= 11 is 0. The van der Waals surface area contributed by atoms with Crippen LogP contribution in [-0.2, 0) is 4.74 Å². The zero-order valence-corrected chi connectivity index (χ0v) is 12.0. The van der Waals surface area contributed by atoms with E-state index in [0.29, 0.717) is 24.9 Å². The summed E-state index contributed by atoms with van der Waals surface area (Å²) in [5.41, 5.74) is 1.36. The Bertz CT molecular complexity index is 431. The molecule has 1 saturated carbocycles. The van der Waals surface area contributed by atoms with Crippen LogP contribution in [0.25, 0.3) is 0 Å². The van der Waals surface area contributed by atoms with Crippen LogP contribution < -0.4 is 10.6 Å². The van der Waals surface area contributed by atoms with E-state index in [0.717, 1.165) is 18.5 Å². The molecule has 0 radical (unpaired) electrons. The van der Waals surface area contributed by atoms with Crippen molar-refractivity contribution in [1.82, 2.24) is 10.3 Å². The summed E-state index contributed by atoms with van der Waals surface area (Å²) in [6.45, 7) is 1.34. The van der Waals surface area contributed by atoms with Gasteiger partial charge in [-0.2, -0.15) is 0 Å². The summed E-state index contributed by atoms with van der Waals surface area (Å²) in [5.74, 6) is -0.0766. The summed E-state index contributed by atoms with van der Waals surface area (Å²) < 4.78 is 4.98. The van der Waals surface area contributed by atoms with Gasteiger partial charge in [0, 0.05) is 31.6 Å². The van der Waals surface area contributed by atoms with Gasteiger partial charge in [-0.15, -0.1) is 0 Å². The number of nitrogens with zero attached hydrogens (tertiary/aromatic N) is 1. The van der Waals surface area contributed by atoms with Gasteiger partial charge in [-0.05, 0) is 25.0 Å². The molecule has 1 aromatic rings. The van der Waals surface area contributed by atoms with Gasteiger partial charge < -0.3 is 15.4 Å². The lowest BCUT2D eigenvalue weighted by Crippen LogP contribution is -2.36. The minimum atomic E-state index is -0.0766. The SMILES string of the molecule is COCCNc1ccnc(C(=O)NC2CCCCC2)c1. The van der Waals surface area contributed by atoms with Crippen molar-refractivity contribution in [3.8, 4) is 0 Å². The molecule has 1 amide bonds. The molecule has 2 N–H and O–H groups in total. The molecule has 1 heterocycles. The highest BCUT2D eigenvalue weighted by Crippen LogP contribution is 2.18. The van der Waals surface area contributed by atoms with E-state index in [2.05, 4.69) is 15.6 Å². The predicted molar refractivity (Wildman–Crippen MR) is 78.9 cm³/mol. The predicted octanol–water partition coefficient (Wildman–Crippen LogP) is 2.20. The second-order valence-corrected chi connectivity index (χ2v) is 5.16. The number of hydrogen-bond acceptors (Lipinski definition) is 4. The molecular formula is C15H23N3O2. The number of nitrogens with one attached hydrogen (secondary N) is 2. The topological polar surface area (TPSA) is 63.2 Å². The Balaban J connectivity index is 1.89. The first-order valence-electron chi connectivity index (χ1n) is 7.29. The number of rotatable bonds is 6. The first-order valence-corrected chi connectivity index (χ1v) is 7.29. The second-order valence-electron chi connectivity index (χ2n) is 5.16. The van der Waals surface area contributed by atoms with E-state index in [4.69, 9.17) is 4.74 Å². The van der Waals surface area contributed by atoms with E-state index in [1.807, 2.05) is 6.07 Å². The number of pyridine rings is 1. The number of anilines is 1. The molecule has 1 aliphatic carbocycles. The van der Waals surface area contributed by atoms with Crippen molar-refractivity contribution in [2.75, 3.05) is 25.6 Å². The van der Waals surface area contributed by atoms with E-state index in [9.17, 15) is 4.79 Å². The standard InChI is InChI=1S/C15H23N3O2/c1-20-10-9-16-13-7-8-17-14(11-13)15(19)18-12-5-3-2-4-6-12/h7-8,11-12H,2-6,9-10H2,1H3,(H,16,17)(H,18,19). The fraction of sp³-hybridized carbons (Fsp3) is 0.600. The molecule has 20 heavy (non-hydrogen) atoms. The third-order valence-electron chi connectivity index (χ3n) is 3.57. The fourth-order valence-electron chi connectivity index (χ4n) is 2.47. The molecule has 0 bridgehead atoms. The van der Waals surface area contributed by atoms with E-state index in [1.165, 1.54) is 19.3 Å². The lowest BCUT2D eigenvalue weighted by atomic mass is 9.95. The molecule has 1 aliphatic rings. The van der Waals surface area contributed by atoms with Gasteiger partial charge in [-0.3, -0.25) is 9.78 Å². The van der Waals surface area contributed by atoms with Gasteiger partial charge in [-0.25, -0.2) is 0 Å². The summed E-state index contributed by atoms with van der Waals surface area (Å²) in [6, 6.07) is 3.95. The van der Waals surface area contributed by atoms with Crippen LogP contribution in [0, 0.1) is 0 Å². The summed E-state index contributed by atoms with van der Waals surface area (Å²) in [6.07, 6.45) is 7.51. The average molecular weight is 277 g/mol. The average Bonchev–Trinajstić information content (AvgIpc) is 2.49. The Hall–Kier alpha value is -1.62. The molecule has 0 atom stereocenters. The molecule has 110 valence electrons. The first-order chi connectivity index (χ1) is 9.79. The summed E-state index contributed by atoms with van der Waals surface area (Å²) in [4.78, 5) is 16.3. The van der Waals surface area contributed by atoms with Crippen LogP contribution in [0.3, 0.4) is 0 Å². The Morgan fingerprint density at radius 1 is 1.40 bits per heavy atom. The lowest BCUT2D eigenvalue weighted by Gasteiger charge is -2.22. The Morgan fingerprint density at radius 3 is 2.95 bits per heavy atom. The first kappa shape index (κ1) is 14.8. The molecule has 5 heteroatoms. The van der Waals surface area contributed by atoms with E-state index >= 15 is 0 Å². The number of carbonyl (C=O) groups is 1. The maximum atomic E-state index is 12.2. The van der Waals surface area contributed by atoms with Crippen molar-refractivity contribution in [2.45, 2.75) is 38.1 Å². The third-order valence-corrected chi connectivity index (χ3v) is 3.57. The van der Waals surface area contributed by atoms with E-state index in [1.54, 1.807) is 19.4 Å². The van der Waals surface area contributed by atoms with Crippen LogP contribution >= 0.6 is 0 Å². The number of hydrogen-bond donors (Lipinski definition) is 2. The normalized spacial score (nSPS) is 15.8. The third kappa shape index (κ3) is 4.49. The van der Waals surface area contributed by atoms with Gasteiger partial charge in [0.25, 0.3) is 5.91 Å². The van der Waals surface area contributed by atoms with Gasteiger partial charge in [0.15, 0.2) is 0 Å². The van der Waals surface area contributed by atoms with Crippen LogP contribution in [0.1, 0.15) is 42.6 Å². The number of ether oxygens (including phenoxy) is 1. The van der Waals surface area contributed by atoms with Gasteiger partial charge in [-0.1, -0.05) is 19.3 Å². The quantitative estimate of drug-likeness (QED) is 0.783. The molecule has 0 aromatic carbocycles. The largest absolute Gasteiger partial charge is 0.383 e. The summed E-state index contributed by atoms with van der Waals surface area (Å²) in [5, 5.41) is 6.28. The summed E-state index contributed by atoms with van der Waals surface area (Å²) in [7, 11) is 1.66.